The molecule has 0 saturated heterocycles. The first-order valence-electron chi connectivity index (χ1n) is 2.25. The van der Waals surface area contributed by atoms with Gasteiger partial charge in [0.05, 0.1) is 0 Å². The van der Waals surface area contributed by atoms with Crippen LogP contribution in [0.2, 0.25) is 0 Å². The van der Waals surface area contributed by atoms with Gasteiger partial charge in [0.15, 0.2) is 16.1 Å². The third kappa shape index (κ3) is 1.32. The number of furan rings is 1. The highest BCUT2D eigenvalue weighted by Gasteiger charge is 2.06. The highest BCUT2D eigenvalue weighted by atomic mass is 32.2. The predicted molar refractivity (Wildman–Crippen MR) is 30.7 cm³/mol. The van der Waals surface area contributed by atoms with Crippen LogP contribution in [0.1, 0.15) is 0 Å². The van der Waals surface area contributed by atoms with E-state index in [9.17, 15) is 8.42 Å². The van der Waals surface area contributed by atoms with Crippen molar-refractivity contribution in [2.75, 3.05) is 6.26 Å². The molecule has 0 aromatic carbocycles. The van der Waals surface area contributed by atoms with Gasteiger partial charge in [0, 0.05) is 12.3 Å². The predicted octanol–water partition coefficient (Wildman–Crippen LogP) is 0.483. The monoisotopic (exact) mass is 145 g/mol. The van der Waals surface area contributed by atoms with Crippen LogP contribution < -0.4 is 0 Å². The number of sulfone groups is 1. The molecule has 0 aliphatic carbocycles. The summed E-state index contributed by atoms with van der Waals surface area (Å²) in [6.07, 6.45) is 4.55. The van der Waals surface area contributed by atoms with E-state index in [0.717, 1.165) is 12.5 Å². The van der Waals surface area contributed by atoms with Gasteiger partial charge in [0.1, 0.15) is 11.2 Å². The molecule has 0 bridgehead atoms. The van der Waals surface area contributed by atoms with Crippen LogP contribution in [0.3, 0.4) is 0 Å². The minimum absolute atomic E-state index is 0.169. The molecule has 3 nitrogen and oxygen atoms in total. The van der Waals surface area contributed by atoms with Gasteiger partial charge in [-0.1, -0.05) is 0 Å². The first kappa shape index (κ1) is 6.35. The van der Waals surface area contributed by atoms with E-state index in [1.54, 1.807) is 0 Å². The van der Waals surface area contributed by atoms with Gasteiger partial charge < -0.3 is 4.42 Å². The van der Waals surface area contributed by atoms with E-state index in [4.69, 9.17) is 0 Å². The third-order valence-corrected chi connectivity index (χ3v) is 1.94. The van der Waals surface area contributed by atoms with E-state index < -0.39 is 9.84 Å². The Labute approximate surface area is 53.2 Å². The fraction of sp³-hybridized carbons (Fsp3) is 0.200. The Morgan fingerprint density at radius 1 is 1.67 bits per heavy atom. The molecule has 49 valence electrons. The first-order chi connectivity index (χ1) is 4.11. The van der Waals surface area contributed by atoms with Gasteiger partial charge in [-0.15, -0.1) is 0 Å². The standard InChI is InChI=1S/C5H5O3S/c1-9(6,7)5-2-3-8-4-5/h2,4H,1H3. The van der Waals surface area contributed by atoms with E-state index in [1.165, 1.54) is 6.07 Å². The number of hydrogen-bond donors (Lipinski definition) is 0. The maximum Gasteiger partial charge on any atom is 0.178 e. The zero-order valence-corrected chi connectivity index (χ0v) is 5.60. The Morgan fingerprint density at radius 3 is 2.56 bits per heavy atom. The first-order valence-corrected chi connectivity index (χ1v) is 4.14. The minimum atomic E-state index is -3.08. The van der Waals surface area contributed by atoms with Crippen LogP contribution in [-0.4, -0.2) is 14.7 Å². The smallest absolute Gasteiger partial charge is 0.178 e. The topological polar surface area (TPSA) is 47.3 Å². The molecule has 9 heavy (non-hydrogen) atoms. The Kier molecular flexibility index (Phi) is 1.32. The fourth-order valence-electron chi connectivity index (χ4n) is 0.413. The van der Waals surface area contributed by atoms with Crippen molar-refractivity contribution in [3.8, 4) is 0 Å². The van der Waals surface area contributed by atoms with Crippen LogP contribution in [0.5, 0.6) is 0 Å². The minimum Gasteiger partial charge on any atom is -0.460 e. The molecule has 1 aromatic heterocycles. The van der Waals surface area contributed by atoms with Crippen LogP contribution in [0, 0.1) is 6.26 Å². The van der Waals surface area contributed by atoms with E-state index in [2.05, 4.69) is 10.7 Å². The molecule has 0 saturated carbocycles. The molecule has 1 radical (unpaired) electrons. The van der Waals surface area contributed by atoms with Crippen molar-refractivity contribution in [2.45, 2.75) is 4.90 Å². The lowest BCUT2D eigenvalue weighted by atomic mass is 10.7. The lowest BCUT2D eigenvalue weighted by molar-refractivity contribution is 0.549. The Morgan fingerprint density at radius 2 is 2.33 bits per heavy atom. The van der Waals surface area contributed by atoms with Crippen LogP contribution in [-0.2, 0) is 9.84 Å². The average molecular weight is 145 g/mol. The maximum atomic E-state index is 10.6. The average Bonchev–Trinajstić information content (AvgIpc) is 2.08. The van der Waals surface area contributed by atoms with Gasteiger partial charge in [-0.3, -0.25) is 0 Å². The van der Waals surface area contributed by atoms with Crippen molar-refractivity contribution < 1.29 is 12.8 Å². The van der Waals surface area contributed by atoms with Gasteiger partial charge in [0.25, 0.3) is 0 Å². The molecule has 0 amide bonds. The molecular formula is C5H5O3S. The molecule has 0 unspecified atom stereocenters. The van der Waals surface area contributed by atoms with E-state index in [-0.39, 0.29) is 4.90 Å². The Hall–Kier alpha value is -0.770. The van der Waals surface area contributed by atoms with Crippen LogP contribution in [0.25, 0.3) is 0 Å². The third-order valence-electron chi connectivity index (χ3n) is 0.872. The molecule has 0 aliphatic rings. The maximum absolute atomic E-state index is 10.6. The van der Waals surface area contributed by atoms with Crippen molar-refractivity contribution in [3.63, 3.8) is 0 Å². The quantitative estimate of drug-likeness (QED) is 0.577. The second-order valence-corrected chi connectivity index (χ2v) is 3.69. The summed E-state index contributed by atoms with van der Waals surface area (Å²) < 4.78 is 25.7. The molecule has 0 atom stereocenters. The molecule has 0 N–H and O–H groups in total. The number of hydrogen-bond acceptors (Lipinski definition) is 3. The Balaban J connectivity index is 3.20. The summed E-state index contributed by atoms with van der Waals surface area (Å²) in [6, 6.07) is 1.29. The van der Waals surface area contributed by atoms with Gasteiger partial charge in [-0.05, 0) is 0 Å². The van der Waals surface area contributed by atoms with Crippen LogP contribution >= 0.6 is 0 Å². The van der Waals surface area contributed by atoms with E-state index >= 15 is 0 Å². The Bertz CT molecular complexity index is 269. The summed E-state index contributed by atoms with van der Waals surface area (Å²) in [6.45, 7) is 0. The van der Waals surface area contributed by atoms with Crippen molar-refractivity contribution in [1.29, 1.82) is 0 Å². The van der Waals surface area contributed by atoms with Crippen molar-refractivity contribution >= 4 is 9.84 Å². The van der Waals surface area contributed by atoms with E-state index in [0.29, 0.717) is 0 Å². The summed E-state index contributed by atoms with van der Waals surface area (Å²) in [5.41, 5.74) is 0. The zero-order chi connectivity index (χ0) is 6.91. The highest BCUT2D eigenvalue weighted by molar-refractivity contribution is 7.90. The fourth-order valence-corrected chi connectivity index (χ4v) is 0.898. The number of rotatable bonds is 1. The van der Waals surface area contributed by atoms with Crippen molar-refractivity contribution in [2.24, 2.45) is 0 Å². The molecule has 1 heterocycles. The van der Waals surface area contributed by atoms with Crippen molar-refractivity contribution in [1.82, 2.24) is 0 Å². The molecule has 0 aliphatic heterocycles. The summed E-state index contributed by atoms with van der Waals surface area (Å²) >= 11 is 0. The van der Waals surface area contributed by atoms with Crippen LogP contribution in [0.15, 0.2) is 21.6 Å². The SMILES string of the molecule is CS(=O)(=O)c1c[c]oc1. The molecule has 0 spiro atoms. The van der Waals surface area contributed by atoms with Gasteiger partial charge in [-0.2, -0.15) is 0 Å². The molecular weight excluding hydrogens is 140 g/mol. The lowest BCUT2D eigenvalue weighted by Crippen LogP contribution is -1.93. The normalized spacial score (nSPS) is 11.7. The van der Waals surface area contributed by atoms with Gasteiger partial charge in [0.2, 0.25) is 0 Å². The summed E-state index contributed by atoms with van der Waals surface area (Å²) in [5.74, 6) is 0. The van der Waals surface area contributed by atoms with Gasteiger partial charge >= 0.3 is 0 Å². The van der Waals surface area contributed by atoms with Gasteiger partial charge in [-0.25, -0.2) is 8.42 Å². The largest absolute Gasteiger partial charge is 0.460 e. The molecule has 1 aromatic rings. The summed E-state index contributed by atoms with van der Waals surface area (Å²) in [4.78, 5) is 0.169. The summed E-state index contributed by atoms with van der Waals surface area (Å²) in [5, 5.41) is 0. The van der Waals surface area contributed by atoms with Crippen LogP contribution in [0.4, 0.5) is 0 Å². The second-order valence-electron chi connectivity index (χ2n) is 1.67. The molecule has 0 fully saturated rings. The summed E-state index contributed by atoms with van der Waals surface area (Å²) in [7, 11) is -3.08. The second kappa shape index (κ2) is 1.88. The van der Waals surface area contributed by atoms with Crippen molar-refractivity contribution in [3.05, 3.63) is 18.6 Å². The zero-order valence-electron chi connectivity index (χ0n) is 4.79. The molecule has 1 rings (SSSR count). The van der Waals surface area contributed by atoms with E-state index in [1.807, 2.05) is 0 Å². The molecule has 4 heteroatoms. The lowest BCUT2D eigenvalue weighted by Gasteiger charge is -1.85. The highest BCUT2D eigenvalue weighted by Crippen LogP contribution is 2.06.